The van der Waals surface area contributed by atoms with Gasteiger partial charge in [-0.2, -0.15) is 13.2 Å². The van der Waals surface area contributed by atoms with E-state index in [0.717, 1.165) is 12.1 Å². The number of nitro groups is 1. The van der Waals surface area contributed by atoms with Crippen LogP contribution in [0.1, 0.15) is 5.56 Å². The van der Waals surface area contributed by atoms with Crippen molar-refractivity contribution in [3.63, 3.8) is 0 Å². The summed E-state index contributed by atoms with van der Waals surface area (Å²) in [4.78, 5) is 22.2. The van der Waals surface area contributed by atoms with Gasteiger partial charge in [0.15, 0.2) is 0 Å². The van der Waals surface area contributed by atoms with Gasteiger partial charge < -0.3 is 15.4 Å². The summed E-state index contributed by atoms with van der Waals surface area (Å²) in [6.07, 6.45) is -4.54. The summed E-state index contributed by atoms with van der Waals surface area (Å²) in [6, 6.07) is 7.13. The van der Waals surface area contributed by atoms with Gasteiger partial charge in [-0.25, -0.2) is 0 Å². The lowest BCUT2D eigenvalue weighted by molar-refractivity contribution is -0.384. The zero-order chi connectivity index (χ0) is 20.2. The van der Waals surface area contributed by atoms with Crippen molar-refractivity contribution in [2.75, 3.05) is 24.3 Å². The molecular weight excluding hydrogens is 435 g/mol. The standard InChI is InChI=1S/C16H13BrF3N3O4/c1-27-14-7-10(23(25)26)3-5-13(14)22-15(24)8-21-9-2-4-12(17)11(6-9)16(18,19)20/h2-7,21H,8H2,1H3,(H,22,24). The highest BCUT2D eigenvalue weighted by Crippen LogP contribution is 2.36. The quantitative estimate of drug-likeness (QED) is 0.504. The Balaban J connectivity index is 2.06. The van der Waals surface area contributed by atoms with Crippen LogP contribution in [0.3, 0.4) is 0 Å². The van der Waals surface area contributed by atoms with Crippen molar-refractivity contribution in [3.8, 4) is 5.75 Å². The Morgan fingerprint density at radius 1 is 1.26 bits per heavy atom. The van der Waals surface area contributed by atoms with E-state index >= 15 is 0 Å². The van der Waals surface area contributed by atoms with Crippen LogP contribution in [0.15, 0.2) is 40.9 Å². The smallest absolute Gasteiger partial charge is 0.417 e. The number of methoxy groups -OCH3 is 1. The highest BCUT2D eigenvalue weighted by Gasteiger charge is 2.33. The third-order valence-corrected chi connectivity index (χ3v) is 4.09. The lowest BCUT2D eigenvalue weighted by Crippen LogP contribution is -2.22. The van der Waals surface area contributed by atoms with Crippen LogP contribution in [0.2, 0.25) is 0 Å². The van der Waals surface area contributed by atoms with Gasteiger partial charge in [-0.3, -0.25) is 14.9 Å². The molecule has 144 valence electrons. The minimum absolute atomic E-state index is 0.0838. The SMILES string of the molecule is COc1cc([N+](=O)[O-])ccc1NC(=O)CNc1ccc(Br)c(C(F)(F)F)c1. The van der Waals surface area contributed by atoms with Gasteiger partial charge in [0.2, 0.25) is 5.91 Å². The lowest BCUT2D eigenvalue weighted by Gasteiger charge is -2.13. The minimum Gasteiger partial charge on any atom is -0.494 e. The van der Waals surface area contributed by atoms with Crippen molar-refractivity contribution >= 4 is 38.9 Å². The molecule has 7 nitrogen and oxygen atoms in total. The van der Waals surface area contributed by atoms with Gasteiger partial charge in [-0.1, -0.05) is 15.9 Å². The monoisotopic (exact) mass is 447 g/mol. The lowest BCUT2D eigenvalue weighted by atomic mass is 10.2. The Labute approximate surface area is 159 Å². The highest BCUT2D eigenvalue weighted by atomic mass is 79.9. The fourth-order valence-electron chi connectivity index (χ4n) is 2.13. The van der Waals surface area contributed by atoms with E-state index in [1.165, 1.54) is 31.4 Å². The summed E-state index contributed by atoms with van der Waals surface area (Å²) in [5, 5.41) is 15.8. The maximum atomic E-state index is 12.9. The van der Waals surface area contributed by atoms with Crippen LogP contribution < -0.4 is 15.4 Å². The molecule has 2 aromatic carbocycles. The van der Waals surface area contributed by atoms with Gasteiger partial charge in [0.1, 0.15) is 5.75 Å². The summed E-state index contributed by atoms with van der Waals surface area (Å²) < 4.78 is 43.6. The number of hydrogen-bond acceptors (Lipinski definition) is 5. The summed E-state index contributed by atoms with van der Waals surface area (Å²) in [7, 11) is 1.29. The van der Waals surface area contributed by atoms with E-state index in [9.17, 15) is 28.1 Å². The molecule has 0 saturated heterocycles. The van der Waals surface area contributed by atoms with Gasteiger partial charge in [0.25, 0.3) is 5.69 Å². The predicted molar refractivity (Wildman–Crippen MR) is 95.9 cm³/mol. The molecule has 0 heterocycles. The number of alkyl halides is 3. The van der Waals surface area contributed by atoms with Crippen LogP contribution in [0.25, 0.3) is 0 Å². The maximum Gasteiger partial charge on any atom is 0.417 e. The summed E-state index contributed by atoms with van der Waals surface area (Å²) in [6.45, 7) is -0.320. The zero-order valence-corrected chi connectivity index (χ0v) is 15.3. The van der Waals surface area contributed by atoms with Crippen LogP contribution in [0, 0.1) is 10.1 Å². The second kappa shape index (κ2) is 8.25. The first-order valence-electron chi connectivity index (χ1n) is 7.34. The third-order valence-electron chi connectivity index (χ3n) is 3.39. The van der Waals surface area contributed by atoms with Crippen LogP contribution in [-0.2, 0) is 11.0 Å². The number of rotatable bonds is 6. The molecule has 11 heteroatoms. The molecule has 1 amide bonds. The Kier molecular flexibility index (Phi) is 6.26. The van der Waals surface area contributed by atoms with Gasteiger partial charge in [0, 0.05) is 16.2 Å². The van der Waals surface area contributed by atoms with Gasteiger partial charge in [-0.15, -0.1) is 0 Å². The Morgan fingerprint density at radius 3 is 2.56 bits per heavy atom. The number of nitrogens with zero attached hydrogens (tertiary/aromatic N) is 1. The molecule has 0 fully saturated rings. The number of amides is 1. The molecule has 27 heavy (non-hydrogen) atoms. The van der Waals surface area contributed by atoms with Crippen molar-refractivity contribution in [3.05, 3.63) is 56.5 Å². The first-order chi connectivity index (χ1) is 12.6. The molecule has 2 N–H and O–H groups in total. The molecular formula is C16H13BrF3N3O4. The second-order valence-corrected chi connectivity index (χ2v) is 6.09. The molecule has 0 aliphatic heterocycles. The largest absolute Gasteiger partial charge is 0.494 e. The van der Waals surface area contributed by atoms with E-state index in [2.05, 4.69) is 26.6 Å². The van der Waals surface area contributed by atoms with Crippen molar-refractivity contribution in [1.29, 1.82) is 0 Å². The number of benzene rings is 2. The van der Waals surface area contributed by atoms with Crippen molar-refractivity contribution in [1.82, 2.24) is 0 Å². The highest BCUT2D eigenvalue weighted by molar-refractivity contribution is 9.10. The number of nitro benzene ring substituents is 1. The fraction of sp³-hybridized carbons (Fsp3) is 0.188. The molecule has 0 spiro atoms. The molecule has 0 radical (unpaired) electrons. The van der Waals surface area contributed by atoms with E-state index in [1.807, 2.05) is 0 Å². The predicted octanol–water partition coefficient (Wildman–Crippen LogP) is 4.44. The molecule has 0 saturated carbocycles. The van der Waals surface area contributed by atoms with E-state index in [1.54, 1.807) is 0 Å². The number of nitrogens with one attached hydrogen (secondary N) is 2. The molecule has 0 aliphatic rings. The number of non-ortho nitro benzene ring substituents is 1. The number of hydrogen-bond donors (Lipinski definition) is 2. The Hall–Kier alpha value is -2.82. The number of halogens is 4. The number of ether oxygens (including phenoxy) is 1. The molecule has 0 atom stereocenters. The first-order valence-corrected chi connectivity index (χ1v) is 8.14. The number of anilines is 2. The minimum atomic E-state index is -4.54. The molecule has 0 aromatic heterocycles. The zero-order valence-electron chi connectivity index (χ0n) is 13.8. The van der Waals surface area contributed by atoms with Crippen LogP contribution in [0.5, 0.6) is 5.75 Å². The van der Waals surface area contributed by atoms with E-state index in [4.69, 9.17) is 4.74 Å². The molecule has 0 bridgehead atoms. The molecule has 0 unspecified atom stereocenters. The molecule has 2 aromatic rings. The average molecular weight is 448 g/mol. The number of carbonyl (C=O) groups is 1. The normalized spacial score (nSPS) is 11.0. The Bertz CT molecular complexity index is 874. The van der Waals surface area contributed by atoms with Gasteiger partial charge >= 0.3 is 6.18 Å². The van der Waals surface area contributed by atoms with Crippen molar-refractivity contribution < 1.29 is 27.6 Å². The summed E-state index contributed by atoms with van der Waals surface area (Å²) in [5.41, 5.74) is -0.777. The van der Waals surface area contributed by atoms with E-state index < -0.39 is 22.6 Å². The number of carbonyl (C=O) groups excluding carboxylic acids is 1. The van der Waals surface area contributed by atoms with Gasteiger partial charge in [0.05, 0.1) is 35.9 Å². The van der Waals surface area contributed by atoms with Crippen molar-refractivity contribution in [2.45, 2.75) is 6.18 Å². The van der Waals surface area contributed by atoms with E-state index in [-0.39, 0.29) is 33.8 Å². The summed E-state index contributed by atoms with van der Waals surface area (Å²) in [5.74, 6) is -0.487. The molecule has 0 aliphatic carbocycles. The maximum absolute atomic E-state index is 12.9. The van der Waals surface area contributed by atoms with Gasteiger partial charge in [-0.05, 0) is 24.3 Å². The Morgan fingerprint density at radius 2 is 1.96 bits per heavy atom. The van der Waals surface area contributed by atoms with Crippen LogP contribution >= 0.6 is 15.9 Å². The fourth-order valence-corrected chi connectivity index (χ4v) is 2.60. The molecule has 2 rings (SSSR count). The van der Waals surface area contributed by atoms with E-state index in [0.29, 0.717) is 0 Å². The first kappa shape index (κ1) is 20.5. The average Bonchev–Trinajstić information content (AvgIpc) is 2.60. The third kappa shape index (κ3) is 5.33. The second-order valence-electron chi connectivity index (χ2n) is 5.24. The summed E-state index contributed by atoms with van der Waals surface area (Å²) >= 11 is 2.83. The van der Waals surface area contributed by atoms with Crippen molar-refractivity contribution in [2.24, 2.45) is 0 Å². The van der Waals surface area contributed by atoms with Crippen LogP contribution in [0.4, 0.5) is 30.2 Å². The topological polar surface area (TPSA) is 93.5 Å². The van der Waals surface area contributed by atoms with Crippen LogP contribution in [-0.4, -0.2) is 24.5 Å².